The summed E-state index contributed by atoms with van der Waals surface area (Å²) >= 11 is 0. The number of benzene rings is 1. The normalized spacial score (nSPS) is 10.5. The van der Waals surface area contributed by atoms with Crippen molar-refractivity contribution in [3.8, 4) is 5.75 Å². The molecule has 0 atom stereocenters. The van der Waals surface area contributed by atoms with Crippen molar-refractivity contribution in [1.82, 2.24) is 0 Å². The minimum absolute atomic E-state index is 0.646. The number of allylic oxidation sites excluding steroid dienone is 1. The van der Waals surface area contributed by atoms with Crippen molar-refractivity contribution in [1.29, 1.82) is 0 Å². The summed E-state index contributed by atoms with van der Waals surface area (Å²) in [5.74, 6) is 0.869. The SMILES string of the molecule is COc1ccc(/C=C/CCCC=O)cc1. The zero-order chi connectivity index (χ0) is 10.9. The van der Waals surface area contributed by atoms with Crippen LogP contribution in [0.3, 0.4) is 0 Å². The Morgan fingerprint density at radius 1 is 1.20 bits per heavy atom. The lowest BCUT2D eigenvalue weighted by molar-refractivity contribution is -0.107. The number of carbonyl (C=O) groups excluding carboxylic acids is 1. The van der Waals surface area contributed by atoms with Crippen LogP contribution < -0.4 is 4.74 Å². The molecule has 0 bridgehead atoms. The Kier molecular flexibility index (Phi) is 5.23. The molecular formula is C13H16O2. The second-order valence-electron chi connectivity index (χ2n) is 3.27. The standard InChI is InChI=1S/C13H16O2/c1-15-13-9-7-12(8-10-13)6-4-2-3-5-11-14/h4,6-11H,2-3,5H2,1H3/b6-4+. The molecule has 0 heterocycles. The van der Waals surface area contributed by atoms with E-state index in [9.17, 15) is 4.79 Å². The van der Waals surface area contributed by atoms with Crippen LogP contribution in [-0.4, -0.2) is 13.4 Å². The summed E-state index contributed by atoms with van der Waals surface area (Å²) in [4.78, 5) is 10.1. The molecule has 1 aromatic carbocycles. The Hall–Kier alpha value is -1.57. The van der Waals surface area contributed by atoms with Gasteiger partial charge in [0.25, 0.3) is 0 Å². The summed E-state index contributed by atoms with van der Waals surface area (Å²) in [7, 11) is 1.66. The van der Waals surface area contributed by atoms with E-state index in [4.69, 9.17) is 4.74 Å². The van der Waals surface area contributed by atoms with Crippen molar-refractivity contribution < 1.29 is 9.53 Å². The van der Waals surface area contributed by atoms with Gasteiger partial charge in [-0.05, 0) is 30.5 Å². The topological polar surface area (TPSA) is 26.3 Å². The van der Waals surface area contributed by atoms with Gasteiger partial charge in [0.15, 0.2) is 0 Å². The highest BCUT2D eigenvalue weighted by molar-refractivity contribution is 5.51. The predicted molar refractivity (Wildman–Crippen MR) is 61.9 cm³/mol. The van der Waals surface area contributed by atoms with Crippen LogP contribution in [0.4, 0.5) is 0 Å². The fraction of sp³-hybridized carbons (Fsp3) is 0.308. The first-order valence-corrected chi connectivity index (χ1v) is 5.11. The number of aldehydes is 1. The second-order valence-corrected chi connectivity index (χ2v) is 3.27. The van der Waals surface area contributed by atoms with Gasteiger partial charge < -0.3 is 9.53 Å². The van der Waals surface area contributed by atoms with Gasteiger partial charge in [-0.15, -0.1) is 0 Å². The van der Waals surface area contributed by atoms with Crippen LogP contribution in [0.5, 0.6) is 5.75 Å². The number of rotatable bonds is 6. The zero-order valence-electron chi connectivity index (χ0n) is 8.98. The molecule has 0 saturated heterocycles. The van der Waals surface area contributed by atoms with E-state index in [1.807, 2.05) is 24.3 Å². The summed E-state index contributed by atoms with van der Waals surface area (Å²) in [6.07, 6.45) is 7.63. The first-order chi connectivity index (χ1) is 7.36. The third-order valence-corrected chi connectivity index (χ3v) is 2.12. The molecule has 2 nitrogen and oxygen atoms in total. The van der Waals surface area contributed by atoms with Crippen LogP contribution in [-0.2, 0) is 4.79 Å². The molecule has 0 aromatic heterocycles. The van der Waals surface area contributed by atoms with Crippen LogP contribution >= 0.6 is 0 Å². The van der Waals surface area contributed by atoms with E-state index in [1.165, 1.54) is 0 Å². The van der Waals surface area contributed by atoms with Gasteiger partial charge in [-0.3, -0.25) is 0 Å². The van der Waals surface area contributed by atoms with Gasteiger partial charge in [0.1, 0.15) is 12.0 Å². The molecule has 1 aromatic rings. The minimum atomic E-state index is 0.646. The van der Waals surface area contributed by atoms with Crippen molar-refractivity contribution in [2.24, 2.45) is 0 Å². The van der Waals surface area contributed by atoms with E-state index in [1.54, 1.807) is 7.11 Å². The Bertz CT molecular complexity index is 312. The highest BCUT2D eigenvalue weighted by Gasteiger charge is 1.89. The molecule has 80 valence electrons. The lowest BCUT2D eigenvalue weighted by Gasteiger charge is -1.98. The van der Waals surface area contributed by atoms with E-state index in [0.717, 1.165) is 30.4 Å². The number of carbonyl (C=O) groups is 1. The lowest BCUT2D eigenvalue weighted by atomic mass is 10.1. The molecule has 0 fully saturated rings. The van der Waals surface area contributed by atoms with Crippen molar-refractivity contribution in [3.05, 3.63) is 35.9 Å². The van der Waals surface area contributed by atoms with E-state index in [2.05, 4.69) is 12.2 Å². The molecule has 0 saturated carbocycles. The monoisotopic (exact) mass is 204 g/mol. The molecular weight excluding hydrogens is 188 g/mol. The molecule has 0 aliphatic heterocycles. The second kappa shape index (κ2) is 6.82. The van der Waals surface area contributed by atoms with Crippen LogP contribution in [0, 0.1) is 0 Å². The lowest BCUT2D eigenvalue weighted by Crippen LogP contribution is -1.81. The number of hydrogen-bond donors (Lipinski definition) is 0. The summed E-state index contributed by atoms with van der Waals surface area (Å²) in [5.41, 5.74) is 1.15. The molecule has 0 radical (unpaired) electrons. The van der Waals surface area contributed by atoms with Crippen LogP contribution in [0.25, 0.3) is 6.08 Å². The minimum Gasteiger partial charge on any atom is -0.497 e. The van der Waals surface area contributed by atoms with Crippen LogP contribution in [0.15, 0.2) is 30.3 Å². The summed E-state index contributed by atoms with van der Waals surface area (Å²) in [6.45, 7) is 0. The van der Waals surface area contributed by atoms with Crippen molar-refractivity contribution in [2.75, 3.05) is 7.11 Å². The van der Waals surface area contributed by atoms with Crippen molar-refractivity contribution in [2.45, 2.75) is 19.3 Å². The van der Waals surface area contributed by atoms with Crippen LogP contribution in [0.1, 0.15) is 24.8 Å². The van der Waals surface area contributed by atoms with Gasteiger partial charge >= 0.3 is 0 Å². The molecule has 1 rings (SSSR count). The van der Waals surface area contributed by atoms with Crippen molar-refractivity contribution in [3.63, 3.8) is 0 Å². The molecule has 0 spiro atoms. The van der Waals surface area contributed by atoms with E-state index in [-0.39, 0.29) is 0 Å². The Morgan fingerprint density at radius 2 is 1.93 bits per heavy atom. The highest BCUT2D eigenvalue weighted by Crippen LogP contribution is 2.12. The number of unbranched alkanes of at least 4 members (excludes halogenated alkanes) is 2. The highest BCUT2D eigenvalue weighted by atomic mass is 16.5. The maximum atomic E-state index is 10.1. The Labute approximate surface area is 90.6 Å². The van der Waals surface area contributed by atoms with E-state index in [0.29, 0.717) is 6.42 Å². The Morgan fingerprint density at radius 3 is 2.53 bits per heavy atom. The smallest absolute Gasteiger partial charge is 0.120 e. The molecule has 0 N–H and O–H groups in total. The molecule has 0 aliphatic rings. The quantitative estimate of drug-likeness (QED) is 0.525. The van der Waals surface area contributed by atoms with E-state index >= 15 is 0 Å². The first-order valence-electron chi connectivity index (χ1n) is 5.11. The largest absolute Gasteiger partial charge is 0.497 e. The van der Waals surface area contributed by atoms with Gasteiger partial charge in [-0.1, -0.05) is 24.3 Å². The Balaban J connectivity index is 2.39. The maximum absolute atomic E-state index is 10.1. The number of ether oxygens (including phenoxy) is 1. The van der Waals surface area contributed by atoms with E-state index < -0.39 is 0 Å². The van der Waals surface area contributed by atoms with Gasteiger partial charge in [0.2, 0.25) is 0 Å². The third kappa shape index (κ3) is 4.45. The zero-order valence-corrected chi connectivity index (χ0v) is 8.98. The van der Waals surface area contributed by atoms with Crippen molar-refractivity contribution >= 4 is 12.4 Å². The van der Waals surface area contributed by atoms with Gasteiger partial charge in [-0.2, -0.15) is 0 Å². The molecule has 15 heavy (non-hydrogen) atoms. The molecule has 2 heteroatoms. The summed E-state index contributed by atoms with van der Waals surface area (Å²) in [6, 6.07) is 7.89. The average molecular weight is 204 g/mol. The average Bonchev–Trinajstić information content (AvgIpc) is 2.30. The van der Waals surface area contributed by atoms with Gasteiger partial charge in [-0.25, -0.2) is 0 Å². The molecule has 0 amide bonds. The fourth-order valence-corrected chi connectivity index (χ4v) is 1.25. The fourth-order valence-electron chi connectivity index (χ4n) is 1.25. The van der Waals surface area contributed by atoms with Crippen LogP contribution in [0.2, 0.25) is 0 Å². The third-order valence-electron chi connectivity index (χ3n) is 2.12. The summed E-state index contributed by atoms with van der Waals surface area (Å²) in [5, 5.41) is 0. The molecule has 0 unspecified atom stereocenters. The predicted octanol–water partition coefficient (Wildman–Crippen LogP) is 3.08. The van der Waals surface area contributed by atoms with Gasteiger partial charge in [0, 0.05) is 6.42 Å². The number of methoxy groups -OCH3 is 1. The first kappa shape index (κ1) is 11.5. The maximum Gasteiger partial charge on any atom is 0.120 e. The summed E-state index contributed by atoms with van der Waals surface area (Å²) < 4.78 is 5.06. The molecule has 0 aliphatic carbocycles. The number of hydrogen-bond acceptors (Lipinski definition) is 2. The van der Waals surface area contributed by atoms with Gasteiger partial charge in [0.05, 0.1) is 7.11 Å².